The molecule has 6 nitrogen and oxygen atoms in total. The van der Waals surface area contributed by atoms with Gasteiger partial charge in [-0.2, -0.15) is 0 Å². The van der Waals surface area contributed by atoms with Crippen LogP contribution in [-0.2, 0) is 9.59 Å². The molecular formula is C15H28N4O2. The molecule has 0 unspecified atom stereocenters. The van der Waals surface area contributed by atoms with Crippen molar-refractivity contribution in [1.82, 2.24) is 20.0 Å². The molecule has 1 aliphatic carbocycles. The van der Waals surface area contributed by atoms with Crippen LogP contribution in [0.25, 0.3) is 0 Å². The van der Waals surface area contributed by atoms with Crippen molar-refractivity contribution in [2.24, 2.45) is 0 Å². The number of hydrogen-bond donors (Lipinski definition) is 1. The fraction of sp³-hybridized carbons (Fsp3) is 0.867. The number of likely N-dealkylation sites (N-methyl/N-ethyl adjacent to an activating group) is 2. The van der Waals surface area contributed by atoms with Crippen LogP contribution in [0.15, 0.2) is 0 Å². The van der Waals surface area contributed by atoms with Crippen molar-refractivity contribution >= 4 is 11.8 Å². The molecule has 1 N–H and O–H groups in total. The minimum Gasteiger partial charge on any atom is -0.352 e. The molecule has 120 valence electrons. The lowest BCUT2D eigenvalue weighted by Crippen LogP contribution is -2.48. The lowest BCUT2D eigenvalue weighted by Gasteiger charge is -2.32. The Balaban J connectivity index is 1.63. The summed E-state index contributed by atoms with van der Waals surface area (Å²) in [6.45, 7) is 2.76. The fourth-order valence-corrected chi connectivity index (χ4v) is 2.80. The van der Waals surface area contributed by atoms with E-state index in [4.69, 9.17) is 0 Å². The molecular weight excluding hydrogens is 268 g/mol. The molecule has 2 rings (SSSR count). The topological polar surface area (TPSA) is 55.9 Å². The highest BCUT2D eigenvalue weighted by molar-refractivity contribution is 5.81. The molecule has 0 aromatic carbocycles. The van der Waals surface area contributed by atoms with E-state index in [1.807, 2.05) is 0 Å². The molecule has 0 radical (unpaired) electrons. The minimum atomic E-state index is 0.0167. The van der Waals surface area contributed by atoms with Crippen molar-refractivity contribution in [2.75, 3.05) is 47.3 Å². The first-order valence-corrected chi connectivity index (χ1v) is 7.88. The van der Waals surface area contributed by atoms with Gasteiger partial charge in [-0.1, -0.05) is 0 Å². The van der Waals surface area contributed by atoms with Gasteiger partial charge >= 0.3 is 0 Å². The molecule has 0 atom stereocenters. The van der Waals surface area contributed by atoms with Gasteiger partial charge in [-0.05, 0) is 32.7 Å². The number of nitrogens with zero attached hydrogens (tertiary/aromatic N) is 3. The Hall–Kier alpha value is -1.14. The lowest BCUT2D eigenvalue weighted by atomic mass is 10.0. The highest BCUT2D eigenvalue weighted by Gasteiger charge is 2.32. The second-order valence-electron chi connectivity index (χ2n) is 6.57. The number of rotatable bonds is 6. The number of carbonyl (C=O) groups excluding carboxylic acids is 2. The first-order valence-electron chi connectivity index (χ1n) is 7.88. The average molecular weight is 296 g/mol. The molecule has 0 spiro atoms. The van der Waals surface area contributed by atoms with Crippen LogP contribution in [0.2, 0.25) is 0 Å². The van der Waals surface area contributed by atoms with E-state index >= 15 is 0 Å². The van der Waals surface area contributed by atoms with E-state index in [0.29, 0.717) is 6.04 Å². The maximum atomic E-state index is 12.0. The number of amides is 2. The summed E-state index contributed by atoms with van der Waals surface area (Å²) in [7, 11) is 5.25. The van der Waals surface area contributed by atoms with E-state index in [2.05, 4.69) is 10.2 Å². The molecule has 0 aromatic heterocycles. The van der Waals surface area contributed by atoms with Crippen LogP contribution in [-0.4, -0.2) is 85.9 Å². The van der Waals surface area contributed by atoms with Crippen LogP contribution < -0.4 is 5.32 Å². The molecule has 6 heteroatoms. The molecule has 1 saturated heterocycles. The number of piperidine rings is 1. The summed E-state index contributed by atoms with van der Waals surface area (Å²) in [4.78, 5) is 29.4. The van der Waals surface area contributed by atoms with Gasteiger partial charge in [0.2, 0.25) is 11.8 Å². The van der Waals surface area contributed by atoms with Crippen molar-refractivity contribution < 1.29 is 9.59 Å². The van der Waals surface area contributed by atoms with Crippen LogP contribution in [0.1, 0.15) is 25.7 Å². The Morgan fingerprint density at radius 1 is 1.05 bits per heavy atom. The van der Waals surface area contributed by atoms with Gasteiger partial charge in [0.25, 0.3) is 0 Å². The second kappa shape index (κ2) is 7.22. The van der Waals surface area contributed by atoms with Crippen molar-refractivity contribution in [3.05, 3.63) is 0 Å². The van der Waals surface area contributed by atoms with Crippen molar-refractivity contribution in [2.45, 2.75) is 37.8 Å². The first kappa shape index (κ1) is 16.2. The van der Waals surface area contributed by atoms with Gasteiger partial charge in [-0.15, -0.1) is 0 Å². The maximum absolute atomic E-state index is 12.0. The van der Waals surface area contributed by atoms with Crippen LogP contribution in [0.3, 0.4) is 0 Å². The molecule has 0 bridgehead atoms. The van der Waals surface area contributed by atoms with Crippen LogP contribution in [0, 0.1) is 0 Å². The Bertz CT molecular complexity index is 374. The summed E-state index contributed by atoms with van der Waals surface area (Å²) in [5, 5.41) is 3.10. The summed E-state index contributed by atoms with van der Waals surface area (Å²) in [6.07, 6.45) is 4.79. The van der Waals surface area contributed by atoms with Crippen molar-refractivity contribution in [1.29, 1.82) is 0 Å². The monoisotopic (exact) mass is 296 g/mol. The normalized spacial score (nSPS) is 20.6. The summed E-state index contributed by atoms with van der Waals surface area (Å²) in [5.41, 5.74) is 0. The smallest absolute Gasteiger partial charge is 0.236 e. The Labute approximate surface area is 127 Å². The van der Waals surface area contributed by atoms with E-state index in [1.165, 1.54) is 12.8 Å². The maximum Gasteiger partial charge on any atom is 0.236 e. The van der Waals surface area contributed by atoms with Gasteiger partial charge in [0.1, 0.15) is 0 Å². The first-order chi connectivity index (χ1) is 9.95. The molecule has 2 amide bonds. The average Bonchev–Trinajstić information content (AvgIpc) is 3.23. The van der Waals surface area contributed by atoms with Gasteiger partial charge in [0, 0.05) is 39.3 Å². The van der Waals surface area contributed by atoms with Gasteiger partial charge in [-0.25, -0.2) is 0 Å². The Morgan fingerprint density at radius 2 is 1.67 bits per heavy atom. The highest BCUT2D eigenvalue weighted by Crippen LogP contribution is 2.29. The van der Waals surface area contributed by atoms with E-state index in [0.717, 1.165) is 32.0 Å². The molecule has 21 heavy (non-hydrogen) atoms. The van der Waals surface area contributed by atoms with Crippen LogP contribution >= 0.6 is 0 Å². The summed E-state index contributed by atoms with van der Waals surface area (Å²) in [6, 6.07) is 1.12. The Kier molecular flexibility index (Phi) is 5.58. The highest BCUT2D eigenvalue weighted by atomic mass is 16.2. The molecule has 2 fully saturated rings. The van der Waals surface area contributed by atoms with E-state index < -0.39 is 0 Å². The zero-order chi connectivity index (χ0) is 15.4. The standard InChI is InChI=1S/C15H28N4O2/c1-17(2)15(21)11-18(3)10-14(20)16-12-6-8-19(9-7-12)13-4-5-13/h12-13H,4-11H2,1-3H3,(H,16,20). The lowest BCUT2D eigenvalue weighted by molar-refractivity contribution is -0.130. The molecule has 1 aliphatic heterocycles. The number of likely N-dealkylation sites (tertiary alicyclic amines) is 1. The SMILES string of the molecule is CN(CC(=O)NC1CCN(C2CC2)CC1)CC(=O)N(C)C. The van der Waals surface area contributed by atoms with E-state index in [-0.39, 0.29) is 24.9 Å². The van der Waals surface area contributed by atoms with Gasteiger partial charge in [0.15, 0.2) is 0 Å². The largest absolute Gasteiger partial charge is 0.352 e. The van der Waals surface area contributed by atoms with E-state index in [1.54, 1.807) is 30.9 Å². The van der Waals surface area contributed by atoms with Gasteiger partial charge < -0.3 is 15.1 Å². The number of nitrogens with one attached hydrogen (secondary N) is 1. The second-order valence-corrected chi connectivity index (χ2v) is 6.57. The van der Waals surface area contributed by atoms with Crippen LogP contribution in [0.5, 0.6) is 0 Å². The van der Waals surface area contributed by atoms with Gasteiger partial charge in [-0.3, -0.25) is 14.5 Å². The molecule has 1 heterocycles. The zero-order valence-electron chi connectivity index (χ0n) is 13.5. The zero-order valence-corrected chi connectivity index (χ0v) is 13.5. The summed E-state index contributed by atoms with van der Waals surface area (Å²) >= 11 is 0. The number of hydrogen-bond acceptors (Lipinski definition) is 4. The quantitative estimate of drug-likeness (QED) is 0.734. The van der Waals surface area contributed by atoms with Crippen LogP contribution in [0.4, 0.5) is 0 Å². The third-order valence-corrected chi connectivity index (χ3v) is 4.28. The molecule has 0 aromatic rings. The van der Waals surface area contributed by atoms with E-state index in [9.17, 15) is 9.59 Å². The fourth-order valence-electron chi connectivity index (χ4n) is 2.80. The summed E-state index contributed by atoms with van der Waals surface area (Å²) in [5.74, 6) is 0.0389. The van der Waals surface area contributed by atoms with Crippen molar-refractivity contribution in [3.8, 4) is 0 Å². The predicted molar refractivity (Wildman–Crippen MR) is 82.0 cm³/mol. The van der Waals surface area contributed by atoms with Crippen molar-refractivity contribution in [3.63, 3.8) is 0 Å². The van der Waals surface area contributed by atoms with Gasteiger partial charge in [0.05, 0.1) is 13.1 Å². The number of carbonyl (C=O) groups is 2. The summed E-state index contributed by atoms with van der Waals surface area (Å²) < 4.78 is 0. The predicted octanol–water partition coefficient (Wildman–Crippen LogP) is -0.251. The third-order valence-electron chi connectivity index (χ3n) is 4.28. The molecule has 2 aliphatic rings. The minimum absolute atomic E-state index is 0.0167. The molecule has 1 saturated carbocycles. The Morgan fingerprint density at radius 3 is 2.19 bits per heavy atom. The third kappa shape index (κ3) is 5.28.